The molecule has 0 radical (unpaired) electrons. The van der Waals surface area contributed by atoms with Crippen LogP contribution >= 0.6 is 0 Å². The van der Waals surface area contributed by atoms with Crippen LogP contribution in [-0.2, 0) is 0 Å². The van der Waals surface area contributed by atoms with E-state index in [2.05, 4.69) is 39.9 Å². The average Bonchev–Trinajstić information content (AvgIpc) is 2.71. The minimum Gasteiger partial charge on any atom is -0.312 e. The summed E-state index contributed by atoms with van der Waals surface area (Å²) >= 11 is 0. The van der Waals surface area contributed by atoms with Gasteiger partial charge in [-0.25, -0.2) is 0 Å². The van der Waals surface area contributed by atoms with E-state index in [1.54, 1.807) is 0 Å². The molecule has 2 rings (SSSR count). The van der Waals surface area contributed by atoms with Crippen molar-refractivity contribution in [1.29, 1.82) is 0 Å². The molecule has 2 saturated carbocycles. The standard InChI is InChI=1S/C15H29N/c1-13(2,3)16-10-12-9-15(12)8-6-7-14(4,5)11-15/h12,16H,6-11H2,1-5H3. The third-order valence-corrected chi connectivity index (χ3v) is 4.60. The summed E-state index contributed by atoms with van der Waals surface area (Å²) in [6.07, 6.45) is 7.34. The molecule has 0 aromatic rings. The molecule has 0 aromatic carbocycles. The van der Waals surface area contributed by atoms with Crippen LogP contribution < -0.4 is 5.32 Å². The van der Waals surface area contributed by atoms with Crippen LogP contribution in [0.2, 0.25) is 0 Å². The van der Waals surface area contributed by atoms with Gasteiger partial charge in [0.2, 0.25) is 0 Å². The van der Waals surface area contributed by atoms with E-state index in [0.29, 0.717) is 5.41 Å². The molecule has 0 heterocycles. The summed E-state index contributed by atoms with van der Waals surface area (Å²) < 4.78 is 0. The highest BCUT2D eigenvalue weighted by molar-refractivity contribution is 5.07. The molecule has 1 nitrogen and oxygen atoms in total. The van der Waals surface area contributed by atoms with Crippen molar-refractivity contribution in [2.45, 2.75) is 72.3 Å². The molecule has 1 N–H and O–H groups in total. The summed E-state index contributed by atoms with van der Waals surface area (Å²) in [7, 11) is 0. The van der Waals surface area contributed by atoms with Gasteiger partial charge in [0.05, 0.1) is 0 Å². The van der Waals surface area contributed by atoms with E-state index in [9.17, 15) is 0 Å². The van der Waals surface area contributed by atoms with Gasteiger partial charge in [0, 0.05) is 5.54 Å². The molecule has 2 atom stereocenters. The second-order valence-corrected chi connectivity index (χ2v) is 8.09. The molecule has 0 bridgehead atoms. The van der Waals surface area contributed by atoms with E-state index in [1.165, 1.54) is 38.6 Å². The Balaban J connectivity index is 1.85. The first-order valence-corrected chi connectivity index (χ1v) is 6.98. The Kier molecular flexibility index (Phi) is 2.89. The number of hydrogen-bond acceptors (Lipinski definition) is 1. The molecular weight excluding hydrogens is 194 g/mol. The van der Waals surface area contributed by atoms with Crippen molar-refractivity contribution in [1.82, 2.24) is 5.32 Å². The fourth-order valence-corrected chi connectivity index (χ4v) is 3.72. The van der Waals surface area contributed by atoms with Gasteiger partial charge < -0.3 is 5.32 Å². The molecule has 2 unspecified atom stereocenters. The van der Waals surface area contributed by atoms with Crippen LogP contribution in [0.5, 0.6) is 0 Å². The highest BCUT2D eigenvalue weighted by atomic mass is 15.0. The second-order valence-electron chi connectivity index (χ2n) is 8.09. The van der Waals surface area contributed by atoms with E-state index in [-0.39, 0.29) is 5.54 Å². The quantitative estimate of drug-likeness (QED) is 0.746. The molecule has 16 heavy (non-hydrogen) atoms. The van der Waals surface area contributed by atoms with E-state index >= 15 is 0 Å². The van der Waals surface area contributed by atoms with Crippen LogP contribution in [0.25, 0.3) is 0 Å². The molecule has 94 valence electrons. The zero-order valence-corrected chi connectivity index (χ0v) is 11.8. The van der Waals surface area contributed by atoms with Crippen molar-refractivity contribution < 1.29 is 0 Å². The molecule has 1 heteroatoms. The first kappa shape index (κ1) is 12.4. The van der Waals surface area contributed by atoms with Gasteiger partial charge in [-0.05, 0) is 69.7 Å². The lowest BCUT2D eigenvalue weighted by atomic mass is 9.69. The number of rotatable bonds is 2. The summed E-state index contributed by atoms with van der Waals surface area (Å²) in [5.74, 6) is 0.964. The van der Waals surface area contributed by atoms with Crippen molar-refractivity contribution in [3.63, 3.8) is 0 Å². The van der Waals surface area contributed by atoms with Gasteiger partial charge in [0.1, 0.15) is 0 Å². The predicted octanol–water partition coefficient (Wildman–Crippen LogP) is 3.98. The largest absolute Gasteiger partial charge is 0.312 e. The minimum absolute atomic E-state index is 0.286. The Morgan fingerprint density at radius 2 is 1.88 bits per heavy atom. The van der Waals surface area contributed by atoms with Gasteiger partial charge in [-0.2, -0.15) is 0 Å². The molecule has 2 fully saturated rings. The predicted molar refractivity (Wildman–Crippen MR) is 70.5 cm³/mol. The van der Waals surface area contributed by atoms with Crippen molar-refractivity contribution in [2.75, 3.05) is 6.54 Å². The lowest BCUT2D eigenvalue weighted by Gasteiger charge is -2.36. The fraction of sp³-hybridized carbons (Fsp3) is 1.00. The first-order chi connectivity index (χ1) is 7.23. The summed E-state index contributed by atoms with van der Waals surface area (Å²) in [6, 6.07) is 0. The molecular formula is C15H29N. The first-order valence-electron chi connectivity index (χ1n) is 6.98. The highest BCUT2D eigenvalue weighted by Crippen LogP contribution is 2.64. The zero-order valence-electron chi connectivity index (χ0n) is 11.8. The fourth-order valence-electron chi connectivity index (χ4n) is 3.72. The Bertz CT molecular complexity index is 261. The molecule has 1 spiro atoms. The van der Waals surface area contributed by atoms with Gasteiger partial charge in [-0.15, -0.1) is 0 Å². The van der Waals surface area contributed by atoms with E-state index < -0.39 is 0 Å². The number of hydrogen-bond donors (Lipinski definition) is 1. The lowest BCUT2D eigenvalue weighted by Crippen LogP contribution is -2.38. The third kappa shape index (κ3) is 2.80. The molecule has 2 aliphatic carbocycles. The maximum absolute atomic E-state index is 3.68. The Morgan fingerprint density at radius 1 is 1.19 bits per heavy atom. The maximum Gasteiger partial charge on any atom is 0.00966 e. The van der Waals surface area contributed by atoms with Crippen LogP contribution in [0.3, 0.4) is 0 Å². The molecule has 0 aromatic heterocycles. The summed E-state index contributed by atoms with van der Waals surface area (Å²) in [5.41, 5.74) is 1.63. The molecule has 0 amide bonds. The van der Waals surface area contributed by atoms with Gasteiger partial charge in [-0.3, -0.25) is 0 Å². The normalized spacial score (nSPS) is 37.7. The maximum atomic E-state index is 3.68. The Morgan fingerprint density at radius 3 is 2.44 bits per heavy atom. The van der Waals surface area contributed by atoms with Gasteiger partial charge >= 0.3 is 0 Å². The zero-order chi connectivity index (χ0) is 12.0. The van der Waals surface area contributed by atoms with Crippen molar-refractivity contribution in [3.8, 4) is 0 Å². The van der Waals surface area contributed by atoms with E-state index in [1.807, 2.05) is 0 Å². The summed E-state index contributed by atoms with van der Waals surface area (Å²) in [6.45, 7) is 13.0. The Labute approximate surface area is 101 Å². The minimum atomic E-state index is 0.286. The van der Waals surface area contributed by atoms with E-state index in [0.717, 1.165) is 11.3 Å². The van der Waals surface area contributed by atoms with Gasteiger partial charge in [-0.1, -0.05) is 20.3 Å². The van der Waals surface area contributed by atoms with E-state index in [4.69, 9.17) is 0 Å². The van der Waals surface area contributed by atoms with Gasteiger partial charge in [0.15, 0.2) is 0 Å². The molecule has 0 saturated heterocycles. The lowest BCUT2D eigenvalue weighted by molar-refractivity contribution is 0.150. The number of nitrogens with one attached hydrogen (secondary N) is 1. The Hall–Kier alpha value is -0.0400. The van der Waals surface area contributed by atoms with Crippen molar-refractivity contribution in [3.05, 3.63) is 0 Å². The third-order valence-electron chi connectivity index (χ3n) is 4.60. The van der Waals surface area contributed by atoms with Crippen LogP contribution in [0.15, 0.2) is 0 Å². The van der Waals surface area contributed by atoms with Crippen LogP contribution in [0.1, 0.15) is 66.7 Å². The van der Waals surface area contributed by atoms with Crippen LogP contribution in [-0.4, -0.2) is 12.1 Å². The summed E-state index contributed by atoms with van der Waals surface area (Å²) in [5, 5.41) is 3.68. The van der Waals surface area contributed by atoms with Crippen molar-refractivity contribution >= 4 is 0 Å². The average molecular weight is 223 g/mol. The van der Waals surface area contributed by atoms with Crippen LogP contribution in [0, 0.1) is 16.7 Å². The highest BCUT2D eigenvalue weighted by Gasteiger charge is 2.56. The SMILES string of the molecule is CC1(C)CCCC2(CC2CNC(C)(C)C)C1. The monoisotopic (exact) mass is 223 g/mol. The molecule has 0 aliphatic heterocycles. The van der Waals surface area contributed by atoms with Crippen LogP contribution in [0.4, 0.5) is 0 Å². The summed E-state index contributed by atoms with van der Waals surface area (Å²) in [4.78, 5) is 0. The molecule has 2 aliphatic rings. The van der Waals surface area contributed by atoms with Crippen molar-refractivity contribution in [2.24, 2.45) is 16.7 Å². The smallest absolute Gasteiger partial charge is 0.00966 e. The van der Waals surface area contributed by atoms with Gasteiger partial charge in [0.25, 0.3) is 0 Å². The topological polar surface area (TPSA) is 12.0 Å². The second kappa shape index (κ2) is 3.73.